The van der Waals surface area contributed by atoms with Gasteiger partial charge in [-0.2, -0.15) is 0 Å². The van der Waals surface area contributed by atoms with Gasteiger partial charge in [-0.25, -0.2) is 0 Å². The fourth-order valence-corrected chi connectivity index (χ4v) is 3.36. The standard InChI is InChI=1S/C17H17BrO/c18-12-16-11-17(13-19-16,14-7-3-1-4-8-14)15-9-5-2-6-10-15/h1-10,16H,11-13H2/t16-/m0/s1. The van der Waals surface area contributed by atoms with Gasteiger partial charge in [-0.1, -0.05) is 76.6 Å². The summed E-state index contributed by atoms with van der Waals surface area (Å²) in [7, 11) is 0. The Morgan fingerprint density at radius 3 is 1.89 bits per heavy atom. The van der Waals surface area contributed by atoms with E-state index in [4.69, 9.17) is 4.74 Å². The van der Waals surface area contributed by atoms with E-state index in [1.54, 1.807) is 0 Å². The molecule has 0 spiro atoms. The van der Waals surface area contributed by atoms with Crippen LogP contribution in [0.4, 0.5) is 0 Å². The summed E-state index contributed by atoms with van der Waals surface area (Å²) in [5, 5.41) is 0.897. The zero-order valence-corrected chi connectivity index (χ0v) is 12.3. The van der Waals surface area contributed by atoms with Crippen LogP contribution in [-0.2, 0) is 10.2 Å². The van der Waals surface area contributed by atoms with Crippen LogP contribution in [0.2, 0.25) is 0 Å². The van der Waals surface area contributed by atoms with Crippen molar-refractivity contribution >= 4 is 15.9 Å². The van der Waals surface area contributed by atoms with Crippen LogP contribution in [0.5, 0.6) is 0 Å². The second-order valence-corrected chi connectivity index (χ2v) is 5.75. The molecule has 0 radical (unpaired) electrons. The minimum absolute atomic E-state index is 0.000949. The molecule has 1 heterocycles. The molecule has 0 aliphatic carbocycles. The van der Waals surface area contributed by atoms with Crippen molar-refractivity contribution in [2.75, 3.05) is 11.9 Å². The van der Waals surface area contributed by atoms with Crippen molar-refractivity contribution in [3.05, 3.63) is 71.8 Å². The Balaban J connectivity index is 2.07. The van der Waals surface area contributed by atoms with Gasteiger partial charge in [0.2, 0.25) is 0 Å². The molecule has 1 aliphatic heterocycles. The average molecular weight is 317 g/mol. The molecule has 1 atom stereocenters. The highest BCUT2D eigenvalue weighted by Crippen LogP contribution is 2.42. The quantitative estimate of drug-likeness (QED) is 0.773. The first-order chi connectivity index (χ1) is 9.35. The molecular weight excluding hydrogens is 300 g/mol. The van der Waals surface area contributed by atoms with Gasteiger partial charge in [0.25, 0.3) is 0 Å². The molecule has 0 amide bonds. The summed E-state index contributed by atoms with van der Waals surface area (Å²) in [5.74, 6) is 0. The van der Waals surface area contributed by atoms with Crippen molar-refractivity contribution < 1.29 is 4.74 Å². The zero-order valence-electron chi connectivity index (χ0n) is 10.8. The van der Waals surface area contributed by atoms with Gasteiger partial charge in [0, 0.05) is 10.7 Å². The third-order valence-corrected chi connectivity index (χ3v) is 4.69. The third kappa shape index (κ3) is 2.35. The molecule has 1 aliphatic rings. The fraction of sp³-hybridized carbons (Fsp3) is 0.294. The lowest BCUT2D eigenvalue weighted by atomic mass is 9.73. The molecule has 98 valence electrons. The summed E-state index contributed by atoms with van der Waals surface area (Å²) < 4.78 is 5.98. The van der Waals surface area contributed by atoms with Gasteiger partial charge in [0.1, 0.15) is 0 Å². The Labute approximate surface area is 122 Å². The van der Waals surface area contributed by atoms with Gasteiger partial charge < -0.3 is 4.74 Å². The highest BCUT2D eigenvalue weighted by atomic mass is 79.9. The lowest BCUT2D eigenvalue weighted by molar-refractivity contribution is 0.123. The molecule has 2 aromatic carbocycles. The van der Waals surface area contributed by atoms with Crippen molar-refractivity contribution in [2.45, 2.75) is 17.9 Å². The first-order valence-electron chi connectivity index (χ1n) is 6.64. The van der Waals surface area contributed by atoms with Gasteiger partial charge >= 0.3 is 0 Å². The van der Waals surface area contributed by atoms with E-state index >= 15 is 0 Å². The summed E-state index contributed by atoms with van der Waals surface area (Å²) >= 11 is 3.55. The molecule has 0 aromatic heterocycles. The second kappa shape index (κ2) is 5.48. The smallest absolute Gasteiger partial charge is 0.0685 e. The van der Waals surface area contributed by atoms with Gasteiger partial charge in [0.15, 0.2) is 0 Å². The molecular formula is C17H17BrO. The van der Waals surface area contributed by atoms with Crippen LogP contribution < -0.4 is 0 Å². The van der Waals surface area contributed by atoms with E-state index in [0.29, 0.717) is 6.10 Å². The van der Waals surface area contributed by atoms with E-state index in [1.165, 1.54) is 11.1 Å². The number of rotatable bonds is 3. The van der Waals surface area contributed by atoms with Crippen LogP contribution in [-0.4, -0.2) is 18.0 Å². The lowest BCUT2D eigenvalue weighted by Gasteiger charge is -2.29. The predicted molar refractivity (Wildman–Crippen MR) is 81.8 cm³/mol. The van der Waals surface area contributed by atoms with Crippen molar-refractivity contribution in [1.29, 1.82) is 0 Å². The minimum atomic E-state index is 0.000949. The molecule has 0 saturated carbocycles. The lowest BCUT2D eigenvalue weighted by Crippen LogP contribution is -2.28. The molecule has 2 heteroatoms. The first kappa shape index (κ1) is 12.9. The average Bonchev–Trinajstić information content (AvgIpc) is 2.95. The second-order valence-electron chi connectivity index (χ2n) is 5.11. The van der Waals surface area contributed by atoms with Gasteiger partial charge in [-0.05, 0) is 17.5 Å². The number of benzene rings is 2. The van der Waals surface area contributed by atoms with E-state index in [9.17, 15) is 0 Å². The summed E-state index contributed by atoms with van der Waals surface area (Å²) in [4.78, 5) is 0. The molecule has 3 rings (SSSR count). The van der Waals surface area contributed by atoms with E-state index in [-0.39, 0.29) is 5.41 Å². The van der Waals surface area contributed by atoms with E-state index < -0.39 is 0 Å². The van der Waals surface area contributed by atoms with E-state index in [1.807, 2.05) is 0 Å². The number of ether oxygens (including phenoxy) is 1. The maximum Gasteiger partial charge on any atom is 0.0685 e. The third-order valence-electron chi connectivity index (χ3n) is 3.97. The molecule has 0 N–H and O–H groups in total. The Morgan fingerprint density at radius 2 is 1.47 bits per heavy atom. The summed E-state index contributed by atoms with van der Waals surface area (Å²) in [6.45, 7) is 0.761. The molecule has 19 heavy (non-hydrogen) atoms. The number of alkyl halides is 1. The molecule has 1 fully saturated rings. The Hall–Kier alpha value is -1.12. The van der Waals surface area contributed by atoms with Crippen LogP contribution in [0, 0.1) is 0 Å². The topological polar surface area (TPSA) is 9.23 Å². The fourth-order valence-electron chi connectivity index (χ4n) is 2.95. The minimum Gasteiger partial charge on any atom is -0.376 e. The van der Waals surface area contributed by atoms with Gasteiger partial charge in [-0.3, -0.25) is 0 Å². The SMILES string of the molecule is BrC[C@@H]1CC(c2ccccc2)(c2ccccc2)CO1. The monoisotopic (exact) mass is 316 g/mol. The maximum atomic E-state index is 5.98. The van der Waals surface area contributed by atoms with Crippen LogP contribution >= 0.6 is 15.9 Å². The van der Waals surface area contributed by atoms with Crippen LogP contribution in [0.25, 0.3) is 0 Å². The van der Waals surface area contributed by atoms with E-state index in [0.717, 1.165) is 18.4 Å². The first-order valence-corrected chi connectivity index (χ1v) is 7.76. The number of hydrogen-bond acceptors (Lipinski definition) is 1. The van der Waals surface area contributed by atoms with Crippen LogP contribution in [0.3, 0.4) is 0 Å². The highest BCUT2D eigenvalue weighted by Gasteiger charge is 2.42. The van der Waals surface area contributed by atoms with Crippen LogP contribution in [0.1, 0.15) is 17.5 Å². The summed E-state index contributed by atoms with van der Waals surface area (Å²) in [6.07, 6.45) is 1.33. The predicted octanol–water partition coefficient (Wildman–Crippen LogP) is 4.16. The maximum absolute atomic E-state index is 5.98. The molecule has 2 aromatic rings. The summed E-state index contributed by atoms with van der Waals surface area (Å²) in [5.41, 5.74) is 2.70. The number of halogens is 1. The van der Waals surface area contributed by atoms with Crippen molar-refractivity contribution in [3.63, 3.8) is 0 Å². The Kier molecular flexibility index (Phi) is 3.72. The van der Waals surface area contributed by atoms with E-state index in [2.05, 4.69) is 76.6 Å². The molecule has 0 bridgehead atoms. The molecule has 1 saturated heterocycles. The summed E-state index contributed by atoms with van der Waals surface area (Å²) in [6, 6.07) is 21.5. The normalized spacial score (nSPS) is 21.4. The Bertz CT molecular complexity index is 484. The molecule has 0 unspecified atom stereocenters. The van der Waals surface area contributed by atoms with Gasteiger partial charge in [0.05, 0.1) is 12.7 Å². The van der Waals surface area contributed by atoms with Crippen molar-refractivity contribution in [2.24, 2.45) is 0 Å². The zero-order chi connectivity index (χ0) is 13.1. The highest BCUT2D eigenvalue weighted by molar-refractivity contribution is 9.09. The van der Waals surface area contributed by atoms with Crippen molar-refractivity contribution in [3.8, 4) is 0 Å². The Morgan fingerprint density at radius 1 is 0.947 bits per heavy atom. The van der Waals surface area contributed by atoms with Gasteiger partial charge in [-0.15, -0.1) is 0 Å². The molecule has 1 nitrogen and oxygen atoms in total. The number of hydrogen-bond donors (Lipinski definition) is 0. The van der Waals surface area contributed by atoms with Crippen LogP contribution in [0.15, 0.2) is 60.7 Å². The van der Waals surface area contributed by atoms with Crippen molar-refractivity contribution in [1.82, 2.24) is 0 Å². The largest absolute Gasteiger partial charge is 0.376 e.